The number of hydrogen-bond acceptors (Lipinski definition) is 4. The van der Waals surface area contributed by atoms with Gasteiger partial charge in [0.05, 0.1) is 5.41 Å². The Hall–Kier alpha value is -1.59. The maximum atomic E-state index is 12.9. The van der Waals surface area contributed by atoms with Crippen LogP contribution in [0.5, 0.6) is 0 Å². The maximum absolute atomic E-state index is 12.9. The highest BCUT2D eigenvalue weighted by atomic mass is 16.6. The fourth-order valence-corrected chi connectivity index (χ4v) is 12.3. The number of carbonyl (C=O) groups excluding carboxylic acids is 2. The van der Waals surface area contributed by atoms with Crippen molar-refractivity contribution < 1.29 is 29.0 Å². The molecule has 5 aliphatic rings. The van der Waals surface area contributed by atoms with E-state index in [1.54, 1.807) is 6.92 Å². The van der Waals surface area contributed by atoms with E-state index >= 15 is 0 Å². The molecule has 0 heterocycles. The maximum Gasteiger partial charge on any atom is 0.599 e. The number of hydrogen-bond donors (Lipinski definition) is 1. The Kier molecular flexibility index (Phi) is 7.27. The summed E-state index contributed by atoms with van der Waals surface area (Å²) in [5.74, 6) is 0.823. The molecule has 10 atom stereocenters. The van der Waals surface area contributed by atoms with Crippen LogP contribution >= 0.6 is 0 Å². The summed E-state index contributed by atoms with van der Waals surface area (Å²) in [4.78, 5) is 35.5. The third kappa shape index (κ3) is 3.88. The molecule has 0 radical (unpaired) electrons. The number of fused-ring (bicyclic) bond motifs is 7. The van der Waals surface area contributed by atoms with Crippen molar-refractivity contribution in [3.05, 3.63) is 0 Å². The number of esters is 2. The highest BCUT2D eigenvalue weighted by Crippen LogP contribution is 2.77. The third-order valence-electron chi connectivity index (χ3n) is 14.4. The van der Waals surface area contributed by atoms with E-state index in [9.17, 15) is 19.5 Å². The first-order valence-corrected chi connectivity index (χ1v) is 16.2. The summed E-state index contributed by atoms with van der Waals surface area (Å²) < 4.78 is 10.9. The zero-order valence-electron chi connectivity index (χ0n) is 26.3. The lowest BCUT2D eigenvalue weighted by atomic mass is 9.32. The summed E-state index contributed by atoms with van der Waals surface area (Å²) in [5.41, 5.74) is -0.314. The van der Waals surface area contributed by atoms with Gasteiger partial charge in [0.2, 0.25) is 0 Å². The second-order valence-corrected chi connectivity index (χ2v) is 16.1. The van der Waals surface area contributed by atoms with Crippen LogP contribution in [0.4, 0.5) is 0 Å². The van der Waals surface area contributed by atoms with Crippen LogP contribution in [-0.4, -0.2) is 40.5 Å². The van der Waals surface area contributed by atoms with E-state index in [1.165, 1.54) is 6.42 Å². The van der Waals surface area contributed by atoms with Crippen molar-refractivity contribution in [2.45, 2.75) is 126 Å². The number of carbonyl (C=O) groups is 2. The quantitative estimate of drug-likeness (QED) is 0.222. The van der Waals surface area contributed by atoms with Crippen LogP contribution in [0.25, 0.3) is 0 Å². The van der Waals surface area contributed by atoms with Crippen molar-refractivity contribution in [2.24, 2.45) is 62.6 Å². The van der Waals surface area contributed by atoms with Crippen LogP contribution in [-0.2, 0) is 19.1 Å². The second kappa shape index (κ2) is 9.73. The molecule has 0 aromatic heterocycles. The Morgan fingerprint density at radius 2 is 1.57 bits per heavy atom. The average Bonchev–Trinajstić information content (AvgIpc) is 3.28. The van der Waals surface area contributed by atoms with Gasteiger partial charge in [-0.1, -0.05) is 48.5 Å². The molecular formula is C34H55O6+. The monoisotopic (exact) mass is 559 g/mol. The van der Waals surface area contributed by atoms with E-state index in [4.69, 9.17) is 9.47 Å². The number of aliphatic carboxylic acids is 1. The van der Waals surface area contributed by atoms with E-state index in [2.05, 4.69) is 48.5 Å². The Morgan fingerprint density at radius 1 is 0.875 bits per heavy atom. The van der Waals surface area contributed by atoms with Crippen molar-refractivity contribution in [3.8, 4) is 0 Å². The Bertz CT molecular complexity index is 1050. The molecule has 6 nitrogen and oxygen atoms in total. The molecule has 0 spiro atoms. The van der Waals surface area contributed by atoms with E-state index in [0.717, 1.165) is 57.8 Å². The molecule has 0 bridgehead atoms. The van der Waals surface area contributed by atoms with Crippen LogP contribution in [0.2, 0.25) is 0 Å². The lowest BCUT2D eigenvalue weighted by molar-refractivity contribution is -0.251. The largest absolute Gasteiger partial charge is 0.599 e. The zero-order valence-corrected chi connectivity index (χ0v) is 26.3. The van der Waals surface area contributed by atoms with Crippen LogP contribution in [0.3, 0.4) is 0 Å². The SMILES string of the molecule is CCOC(=[OH+])C(=O)OC1CCC2(C)C(CC[C@]3(C)C2CCC2C4[C@H](C(C)C)CC[C@]4(C(=O)O)CC[C@]23C)C1(C)C. The van der Waals surface area contributed by atoms with Crippen molar-refractivity contribution >= 4 is 17.9 Å². The topological polar surface area (TPSA) is 94.2 Å². The van der Waals surface area contributed by atoms with Gasteiger partial charge >= 0.3 is 17.9 Å². The molecule has 40 heavy (non-hydrogen) atoms. The predicted molar refractivity (Wildman–Crippen MR) is 155 cm³/mol. The molecule has 2 N–H and O–H groups in total. The summed E-state index contributed by atoms with van der Waals surface area (Å²) in [6.45, 7) is 18.7. The van der Waals surface area contributed by atoms with Crippen molar-refractivity contribution in [3.63, 3.8) is 0 Å². The first-order valence-electron chi connectivity index (χ1n) is 16.2. The van der Waals surface area contributed by atoms with Gasteiger partial charge in [-0.05, 0) is 123 Å². The fraction of sp³-hybridized carbons (Fsp3) is 0.912. The van der Waals surface area contributed by atoms with Gasteiger partial charge in [0.1, 0.15) is 6.10 Å². The Balaban J connectivity index is 1.45. The molecule has 6 unspecified atom stereocenters. The van der Waals surface area contributed by atoms with Crippen molar-refractivity contribution in [1.29, 1.82) is 0 Å². The van der Waals surface area contributed by atoms with Crippen LogP contribution in [0, 0.1) is 62.6 Å². The van der Waals surface area contributed by atoms with Gasteiger partial charge in [0.15, 0.2) is 6.61 Å². The lowest BCUT2D eigenvalue weighted by Crippen LogP contribution is -2.67. The number of carboxylic acids is 1. The molecule has 0 aromatic rings. The predicted octanol–water partition coefficient (Wildman–Crippen LogP) is 7.26. The van der Waals surface area contributed by atoms with Crippen molar-refractivity contribution in [1.82, 2.24) is 0 Å². The van der Waals surface area contributed by atoms with E-state index in [-0.39, 0.29) is 40.3 Å². The molecule has 0 aliphatic heterocycles. The highest BCUT2D eigenvalue weighted by molar-refractivity contribution is 6.30. The van der Waals surface area contributed by atoms with Crippen molar-refractivity contribution in [2.75, 3.05) is 6.61 Å². The highest BCUT2D eigenvalue weighted by Gasteiger charge is 2.72. The first kappa shape index (κ1) is 29.9. The van der Waals surface area contributed by atoms with Gasteiger partial charge in [-0.3, -0.25) is 4.79 Å². The molecule has 0 aromatic carbocycles. The molecule has 6 heteroatoms. The third-order valence-corrected chi connectivity index (χ3v) is 14.4. The molecular weight excluding hydrogens is 504 g/mol. The first-order chi connectivity index (χ1) is 18.6. The van der Waals surface area contributed by atoms with Crippen LogP contribution in [0.1, 0.15) is 120 Å². The van der Waals surface area contributed by atoms with E-state index < -0.39 is 23.3 Å². The van der Waals surface area contributed by atoms with Gasteiger partial charge in [-0.15, -0.1) is 0 Å². The van der Waals surface area contributed by atoms with Gasteiger partial charge in [-0.25, -0.2) is 4.79 Å². The van der Waals surface area contributed by atoms with E-state index in [0.29, 0.717) is 29.6 Å². The molecule has 5 saturated carbocycles. The Morgan fingerprint density at radius 3 is 2.20 bits per heavy atom. The smallest absolute Gasteiger partial charge is 0.481 e. The standard InChI is InChI=1S/C34H54O6/c1-9-39-27(35)28(36)40-25-14-15-31(6)23(30(25,4)5)13-16-33(8)24(31)11-10-22-26-21(20(2)3)12-17-34(26,29(37)38)19-18-32(22,33)7/h20-26H,9-19H2,1-8H3,(H,37,38)/p+1/t21-,22?,23?,24?,25?,26?,31?,32+,33+,34-/m0/s1. The van der Waals surface area contributed by atoms with E-state index in [1.807, 2.05) is 0 Å². The minimum Gasteiger partial charge on any atom is -0.481 e. The normalized spacial score (nSPS) is 47.3. The molecule has 226 valence electrons. The molecule has 0 saturated heterocycles. The Labute approximate surface area is 241 Å². The molecule has 5 rings (SSSR count). The summed E-state index contributed by atoms with van der Waals surface area (Å²) >= 11 is 0. The fourth-order valence-electron chi connectivity index (χ4n) is 12.3. The summed E-state index contributed by atoms with van der Waals surface area (Å²) in [7, 11) is 0. The van der Waals surface area contributed by atoms with Gasteiger partial charge in [-0.2, -0.15) is 0 Å². The lowest BCUT2D eigenvalue weighted by Gasteiger charge is -2.72. The minimum absolute atomic E-state index is 0.132. The summed E-state index contributed by atoms with van der Waals surface area (Å²) in [5, 5.41) is 10.6. The number of ether oxygens (including phenoxy) is 2. The second-order valence-electron chi connectivity index (χ2n) is 16.1. The van der Waals surface area contributed by atoms with Crippen LogP contribution < -0.4 is 0 Å². The summed E-state index contributed by atoms with van der Waals surface area (Å²) in [6.07, 6.45) is 9.85. The number of carboxylic acid groups (broad SMARTS) is 1. The molecule has 5 aliphatic carbocycles. The number of rotatable bonds is 4. The molecule has 5 fully saturated rings. The van der Waals surface area contributed by atoms with Crippen LogP contribution in [0.15, 0.2) is 0 Å². The van der Waals surface area contributed by atoms with Gasteiger partial charge in [0, 0.05) is 5.41 Å². The average molecular weight is 560 g/mol. The molecule has 0 amide bonds. The van der Waals surface area contributed by atoms with Gasteiger partial charge < -0.3 is 19.4 Å². The minimum atomic E-state index is -0.752. The summed E-state index contributed by atoms with van der Waals surface area (Å²) in [6, 6.07) is 0. The van der Waals surface area contributed by atoms with Gasteiger partial charge in [0.25, 0.3) is 0 Å². The zero-order chi connectivity index (χ0) is 29.5.